The third kappa shape index (κ3) is 3.19. The van der Waals surface area contributed by atoms with E-state index in [1.807, 2.05) is 26.0 Å². The Hall–Kier alpha value is -3.10. The molecule has 1 heterocycles. The lowest BCUT2D eigenvalue weighted by Crippen LogP contribution is -2.47. The van der Waals surface area contributed by atoms with Crippen molar-refractivity contribution in [3.63, 3.8) is 0 Å². The average Bonchev–Trinajstić information content (AvgIpc) is 2.65. The van der Waals surface area contributed by atoms with Crippen molar-refractivity contribution < 1.29 is 14.6 Å². The monoisotopic (exact) mass is 348 g/mol. The number of nitrogens with one attached hydrogen (secondary N) is 1. The number of benzene rings is 2. The average molecular weight is 348 g/mol. The van der Waals surface area contributed by atoms with Crippen molar-refractivity contribution in [3.05, 3.63) is 70.8 Å². The molecule has 0 amide bonds. The summed E-state index contributed by atoms with van der Waals surface area (Å²) in [5.41, 5.74) is 2.48. The topological polar surface area (TPSA) is 82.4 Å². The van der Waals surface area contributed by atoms with Crippen LogP contribution in [-0.4, -0.2) is 23.5 Å². The molecule has 0 spiro atoms. The zero-order valence-corrected chi connectivity index (χ0v) is 14.9. The van der Waals surface area contributed by atoms with E-state index in [9.17, 15) is 9.90 Å². The Balaban J connectivity index is 2.05. The molecule has 1 aliphatic rings. The molecule has 1 aliphatic heterocycles. The van der Waals surface area contributed by atoms with Gasteiger partial charge in [-0.25, -0.2) is 0 Å². The molecule has 0 aromatic heterocycles. The van der Waals surface area contributed by atoms with Gasteiger partial charge in [-0.1, -0.05) is 6.07 Å². The number of carbonyl (C=O) groups is 1. The lowest BCUT2D eigenvalue weighted by molar-refractivity contribution is 0.0853. The van der Waals surface area contributed by atoms with Crippen molar-refractivity contribution in [2.45, 2.75) is 25.5 Å². The van der Waals surface area contributed by atoms with Gasteiger partial charge < -0.3 is 15.2 Å². The Morgan fingerprint density at radius 2 is 1.96 bits per heavy atom. The van der Waals surface area contributed by atoms with Crippen molar-refractivity contribution in [1.29, 1.82) is 5.26 Å². The van der Waals surface area contributed by atoms with Gasteiger partial charge in [0.15, 0.2) is 5.78 Å². The quantitative estimate of drug-likeness (QED) is 0.657. The number of allylic oxidation sites excluding steroid dienone is 1. The minimum Gasteiger partial charge on any atom is -0.497 e. The van der Waals surface area contributed by atoms with Crippen LogP contribution >= 0.6 is 0 Å². The minimum atomic E-state index is -0.717. The summed E-state index contributed by atoms with van der Waals surface area (Å²) in [6.45, 7) is 3.76. The number of aliphatic hydroxyl groups excluding tert-OH is 1. The zero-order chi connectivity index (χ0) is 18.9. The lowest BCUT2D eigenvalue weighted by Gasteiger charge is -2.40. The van der Waals surface area contributed by atoms with E-state index in [0.29, 0.717) is 22.6 Å². The van der Waals surface area contributed by atoms with Crippen LogP contribution in [0.2, 0.25) is 0 Å². The highest BCUT2D eigenvalue weighted by atomic mass is 16.5. The highest BCUT2D eigenvalue weighted by Gasteiger charge is 2.36. The number of ketones is 1. The van der Waals surface area contributed by atoms with Crippen LogP contribution in [0.25, 0.3) is 5.70 Å². The molecule has 0 fully saturated rings. The van der Waals surface area contributed by atoms with Gasteiger partial charge in [0.05, 0.1) is 24.3 Å². The summed E-state index contributed by atoms with van der Waals surface area (Å²) < 4.78 is 5.28. The fourth-order valence-corrected chi connectivity index (χ4v) is 3.04. The molecule has 0 saturated heterocycles. The number of ether oxygens (including phenoxy) is 1. The van der Waals surface area contributed by atoms with Gasteiger partial charge in [0.1, 0.15) is 11.9 Å². The molecule has 26 heavy (non-hydrogen) atoms. The van der Waals surface area contributed by atoms with Gasteiger partial charge in [0, 0.05) is 22.9 Å². The molecule has 2 aromatic carbocycles. The maximum absolute atomic E-state index is 12.7. The fraction of sp³-hybridized carbons (Fsp3) is 0.238. The Labute approximate surface area is 152 Å². The number of nitriles is 1. The molecule has 3 rings (SSSR count). The summed E-state index contributed by atoms with van der Waals surface area (Å²) in [5.74, 6) is 0.465. The zero-order valence-electron chi connectivity index (χ0n) is 14.9. The first-order valence-electron chi connectivity index (χ1n) is 8.26. The first kappa shape index (κ1) is 17.7. The van der Waals surface area contributed by atoms with Crippen molar-refractivity contribution in [2.75, 3.05) is 7.11 Å². The molecule has 5 nitrogen and oxygen atoms in total. The van der Waals surface area contributed by atoms with Gasteiger partial charge >= 0.3 is 0 Å². The predicted octanol–water partition coefficient (Wildman–Crippen LogP) is 3.21. The molecule has 0 bridgehead atoms. The Morgan fingerprint density at radius 1 is 1.27 bits per heavy atom. The van der Waals surface area contributed by atoms with E-state index in [4.69, 9.17) is 10.00 Å². The number of hydrogen-bond donors (Lipinski definition) is 2. The van der Waals surface area contributed by atoms with Crippen molar-refractivity contribution >= 4 is 11.5 Å². The molecule has 2 N–H and O–H groups in total. The molecule has 1 atom stereocenters. The second kappa shape index (κ2) is 6.66. The van der Waals surface area contributed by atoms with Crippen LogP contribution in [0.15, 0.2) is 48.5 Å². The highest BCUT2D eigenvalue weighted by Crippen LogP contribution is 2.39. The number of methoxy groups -OCH3 is 1. The third-order valence-corrected chi connectivity index (χ3v) is 4.56. The standard InChI is InChI=1S/C21H20N2O3/c1-21(2)20(25)16-9-8-15(26-3)10-17(16)18(23-21)11-19(24)14-6-4-13(12-22)5-7-14/h4-11,20,23,25H,1-3H3/b18-11-. The Morgan fingerprint density at radius 3 is 2.58 bits per heavy atom. The first-order chi connectivity index (χ1) is 12.4. The van der Waals surface area contributed by atoms with Crippen LogP contribution in [0.3, 0.4) is 0 Å². The van der Waals surface area contributed by atoms with E-state index < -0.39 is 11.6 Å². The second-order valence-electron chi connectivity index (χ2n) is 6.81. The lowest BCUT2D eigenvalue weighted by atomic mass is 9.82. The molecule has 1 unspecified atom stereocenters. The van der Waals surface area contributed by atoms with E-state index in [2.05, 4.69) is 5.32 Å². The van der Waals surface area contributed by atoms with Gasteiger partial charge in [-0.05, 0) is 55.8 Å². The predicted molar refractivity (Wildman–Crippen MR) is 98.6 cm³/mol. The first-order valence-corrected chi connectivity index (χ1v) is 8.26. The number of carbonyl (C=O) groups excluding carboxylic acids is 1. The van der Waals surface area contributed by atoms with Gasteiger partial charge in [0.25, 0.3) is 0 Å². The van der Waals surface area contributed by atoms with E-state index >= 15 is 0 Å². The summed E-state index contributed by atoms with van der Waals surface area (Å²) in [6.07, 6.45) is 0.804. The molecule has 2 aromatic rings. The number of hydrogen-bond acceptors (Lipinski definition) is 5. The van der Waals surface area contributed by atoms with E-state index in [1.54, 1.807) is 43.5 Å². The molecular weight excluding hydrogens is 328 g/mol. The van der Waals surface area contributed by atoms with Crippen LogP contribution in [0.5, 0.6) is 5.75 Å². The van der Waals surface area contributed by atoms with E-state index in [-0.39, 0.29) is 5.78 Å². The maximum Gasteiger partial charge on any atom is 0.187 e. The van der Waals surface area contributed by atoms with Crippen LogP contribution in [0, 0.1) is 11.3 Å². The van der Waals surface area contributed by atoms with Crippen molar-refractivity contribution in [3.8, 4) is 11.8 Å². The van der Waals surface area contributed by atoms with Crippen LogP contribution in [0.1, 0.15) is 47.0 Å². The summed E-state index contributed by atoms with van der Waals surface area (Å²) in [7, 11) is 1.57. The van der Waals surface area contributed by atoms with Crippen LogP contribution in [0.4, 0.5) is 0 Å². The Bertz CT molecular complexity index is 921. The highest BCUT2D eigenvalue weighted by molar-refractivity contribution is 6.08. The number of aliphatic hydroxyl groups is 1. The van der Waals surface area contributed by atoms with Crippen molar-refractivity contribution in [2.24, 2.45) is 0 Å². The summed E-state index contributed by atoms with van der Waals surface area (Å²) in [6, 6.07) is 14.0. The van der Waals surface area contributed by atoms with E-state index in [0.717, 1.165) is 11.1 Å². The molecule has 132 valence electrons. The van der Waals surface area contributed by atoms with E-state index in [1.165, 1.54) is 6.08 Å². The van der Waals surface area contributed by atoms with Crippen LogP contribution in [-0.2, 0) is 0 Å². The molecule has 0 aliphatic carbocycles. The van der Waals surface area contributed by atoms with Gasteiger partial charge in [-0.2, -0.15) is 5.26 Å². The smallest absolute Gasteiger partial charge is 0.187 e. The molecule has 0 radical (unpaired) electrons. The third-order valence-electron chi connectivity index (χ3n) is 4.56. The number of nitrogens with zero attached hydrogens (tertiary/aromatic N) is 1. The Kier molecular flexibility index (Phi) is 4.54. The molecule has 0 saturated carbocycles. The number of rotatable bonds is 3. The van der Waals surface area contributed by atoms with Crippen LogP contribution < -0.4 is 10.1 Å². The fourth-order valence-electron chi connectivity index (χ4n) is 3.04. The largest absolute Gasteiger partial charge is 0.497 e. The summed E-state index contributed by atoms with van der Waals surface area (Å²) >= 11 is 0. The van der Waals surface area contributed by atoms with Gasteiger partial charge in [0.2, 0.25) is 0 Å². The minimum absolute atomic E-state index is 0.182. The number of fused-ring (bicyclic) bond motifs is 1. The van der Waals surface area contributed by atoms with Gasteiger partial charge in [-0.15, -0.1) is 0 Å². The van der Waals surface area contributed by atoms with Crippen molar-refractivity contribution in [1.82, 2.24) is 5.32 Å². The molecule has 5 heteroatoms. The normalized spacial score (nSPS) is 19.2. The summed E-state index contributed by atoms with van der Waals surface area (Å²) in [4.78, 5) is 12.7. The second-order valence-corrected chi connectivity index (χ2v) is 6.81. The maximum atomic E-state index is 12.7. The summed E-state index contributed by atoms with van der Waals surface area (Å²) in [5, 5.41) is 22.8. The molecular formula is C21H20N2O3. The van der Waals surface area contributed by atoms with Gasteiger partial charge in [-0.3, -0.25) is 4.79 Å². The SMILES string of the molecule is COc1ccc2c(c1)/C(=C/C(=O)c1ccc(C#N)cc1)NC(C)(C)C2O.